The van der Waals surface area contributed by atoms with Gasteiger partial charge in [0.1, 0.15) is 4.21 Å². The Balaban J connectivity index is 2.58. The van der Waals surface area contributed by atoms with Crippen LogP contribution in [0.25, 0.3) is 0 Å². The van der Waals surface area contributed by atoms with E-state index in [4.69, 9.17) is 0 Å². The molecule has 0 amide bonds. The number of nitrogens with one attached hydrogen (secondary N) is 1. The first-order chi connectivity index (χ1) is 6.17. The van der Waals surface area contributed by atoms with Crippen molar-refractivity contribution in [1.82, 2.24) is 4.89 Å². The average Bonchev–Trinajstić information content (AvgIpc) is 2.56. The highest BCUT2D eigenvalue weighted by Crippen LogP contribution is 2.14. The maximum atomic E-state index is 11.3. The first-order valence-corrected chi connectivity index (χ1v) is 5.69. The van der Waals surface area contributed by atoms with E-state index in [1.54, 1.807) is 11.4 Å². The second kappa shape index (κ2) is 4.68. The average molecular weight is 223 g/mol. The molecule has 1 N–H and O–H groups in total. The second-order valence-corrected chi connectivity index (χ2v) is 4.89. The summed E-state index contributed by atoms with van der Waals surface area (Å²) in [5, 5.41) is 1.67. The molecule has 0 bridgehead atoms. The highest BCUT2D eigenvalue weighted by molar-refractivity contribution is 7.91. The van der Waals surface area contributed by atoms with E-state index in [1.165, 1.54) is 13.2 Å². The molecule has 5 nitrogen and oxygen atoms in total. The predicted octanol–water partition coefficient (Wildman–Crippen LogP) is 0.562. The lowest BCUT2D eigenvalue weighted by molar-refractivity contribution is -0.0540. The van der Waals surface area contributed by atoms with Crippen molar-refractivity contribution in [1.29, 1.82) is 0 Å². The molecule has 0 aliphatic carbocycles. The zero-order chi connectivity index (χ0) is 9.73. The van der Waals surface area contributed by atoms with Crippen LogP contribution in [0.2, 0.25) is 0 Å². The molecule has 1 heterocycles. The lowest BCUT2D eigenvalue weighted by Crippen LogP contribution is -2.24. The summed E-state index contributed by atoms with van der Waals surface area (Å²) < 4.78 is 27.3. The molecule has 1 rings (SSSR count). The van der Waals surface area contributed by atoms with E-state index in [0.717, 1.165) is 11.3 Å². The monoisotopic (exact) mass is 223 g/mol. The molecule has 0 spiro atoms. The Labute approximate surface area is 80.3 Å². The maximum Gasteiger partial charge on any atom is 0.272 e. The van der Waals surface area contributed by atoms with Crippen molar-refractivity contribution in [2.75, 3.05) is 13.9 Å². The van der Waals surface area contributed by atoms with E-state index < -0.39 is 10.0 Å². The first-order valence-electron chi connectivity index (χ1n) is 3.33. The molecule has 0 aliphatic heterocycles. The van der Waals surface area contributed by atoms with Crippen LogP contribution in [-0.2, 0) is 19.6 Å². The quantitative estimate of drug-likeness (QED) is 0.450. The summed E-state index contributed by atoms with van der Waals surface area (Å²) in [6.07, 6.45) is 0. The van der Waals surface area contributed by atoms with Gasteiger partial charge in [-0.05, 0) is 11.4 Å². The van der Waals surface area contributed by atoms with E-state index in [0.29, 0.717) is 0 Å². The third-order valence-electron chi connectivity index (χ3n) is 1.11. The molecule has 0 atom stereocenters. The minimum atomic E-state index is -3.52. The molecular weight excluding hydrogens is 214 g/mol. The molecule has 0 radical (unpaired) electrons. The Morgan fingerprint density at radius 2 is 2.38 bits per heavy atom. The Hall–Kier alpha value is -0.470. The molecule has 0 aromatic carbocycles. The molecule has 0 unspecified atom stereocenters. The lowest BCUT2D eigenvalue weighted by Gasteiger charge is -2.03. The SMILES string of the molecule is COCONS(=O)(=O)c1cccs1. The van der Waals surface area contributed by atoms with Gasteiger partial charge in [0.25, 0.3) is 10.0 Å². The van der Waals surface area contributed by atoms with Gasteiger partial charge in [0, 0.05) is 7.11 Å². The van der Waals surface area contributed by atoms with Gasteiger partial charge in [-0.25, -0.2) is 8.42 Å². The Kier molecular flexibility index (Phi) is 3.82. The smallest absolute Gasteiger partial charge is 0.272 e. The van der Waals surface area contributed by atoms with Gasteiger partial charge in [-0.1, -0.05) is 11.0 Å². The molecule has 0 aliphatic rings. The van der Waals surface area contributed by atoms with Crippen molar-refractivity contribution >= 4 is 21.4 Å². The number of sulfonamides is 1. The summed E-state index contributed by atoms with van der Waals surface area (Å²) in [4.78, 5) is 6.44. The number of ether oxygens (including phenoxy) is 1. The summed E-state index contributed by atoms with van der Waals surface area (Å²) in [6, 6.07) is 3.14. The van der Waals surface area contributed by atoms with Gasteiger partial charge in [-0.2, -0.15) is 0 Å². The van der Waals surface area contributed by atoms with Crippen molar-refractivity contribution < 1.29 is 18.0 Å². The number of thiophene rings is 1. The van der Waals surface area contributed by atoms with Gasteiger partial charge < -0.3 is 4.74 Å². The molecule has 0 fully saturated rings. The Bertz CT molecular complexity index is 332. The van der Waals surface area contributed by atoms with Gasteiger partial charge in [0.15, 0.2) is 6.79 Å². The van der Waals surface area contributed by atoms with E-state index in [1.807, 2.05) is 4.89 Å². The number of rotatable bonds is 5. The van der Waals surface area contributed by atoms with Crippen LogP contribution >= 0.6 is 11.3 Å². The summed E-state index contributed by atoms with van der Waals surface area (Å²) in [5.74, 6) is 0. The highest BCUT2D eigenvalue weighted by atomic mass is 32.2. The van der Waals surface area contributed by atoms with Gasteiger partial charge in [-0.3, -0.25) is 4.84 Å². The fourth-order valence-corrected chi connectivity index (χ4v) is 2.38. The van der Waals surface area contributed by atoms with Crippen LogP contribution in [0.4, 0.5) is 0 Å². The van der Waals surface area contributed by atoms with Crippen LogP contribution in [0.3, 0.4) is 0 Å². The summed E-state index contributed by atoms with van der Waals surface area (Å²) in [5.41, 5.74) is 0. The predicted molar refractivity (Wildman–Crippen MR) is 47.6 cm³/mol. The third-order valence-corrected chi connectivity index (χ3v) is 3.72. The molecule has 7 heteroatoms. The van der Waals surface area contributed by atoms with Crippen LogP contribution in [0.5, 0.6) is 0 Å². The van der Waals surface area contributed by atoms with E-state index >= 15 is 0 Å². The van der Waals surface area contributed by atoms with Crippen LogP contribution < -0.4 is 4.89 Å². The minimum Gasteiger partial charge on any atom is -0.357 e. The summed E-state index contributed by atoms with van der Waals surface area (Å²) in [7, 11) is -2.12. The fraction of sp³-hybridized carbons (Fsp3) is 0.333. The van der Waals surface area contributed by atoms with E-state index in [9.17, 15) is 8.42 Å². The molecular formula is C6H9NO4S2. The molecule has 1 aromatic heterocycles. The van der Waals surface area contributed by atoms with Crippen molar-refractivity contribution in [3.05, 3.63) is 17.5 Å². The van der Waals surface area contributed by atoms with Crippen molar-refractivity contribution in [2.24, 2.45) is 0 Å². The largest absolute Gasteiger partial charge is 0.357 e. The van der Waals surface area contributed by atoms with Crippen molar-refractivity contribution in [3.8, 4) is 0 Å². The molecule has 74 valence electrons. The normalized spacial score (nSPS) is 11.8. The zero-order valence-electron chi connectivity index (χ0n) is 6.89. The standard InChI is InChI=1S/C6H9NO4S2/c1-10-5-11-7-13(8,9)6-3-2-4-12-6/h2-4,7H,5H2,1H3. The second-order valence-electron chi connectivity index (χ2n) is 2.07. The first kappa shape index (κ1) is 10.6. The van der Waals surface area contributed by atoms with Gasteiger partial charge in [0.05, 0.1) is 0 Å². The van der Waals surface area contributed by atoms with Gasteiger partial charge in [-0.15, -0.1) is 11.3 Å². The third kappa shape index (κ3) is 3.05. The number of hydrogen-bond donors (Lipinski definition) is 1. The van der Waals surface area contributed by atoms with E-state index in [2.05, 4.69) is 9.57 Å². The minimum absolute atomic E-state index is 0.120. The van der Waals surface area contributed by atoms with Gasteiger partial charge >= 0.3 is 0 Å². The fourth-order valence-electron chi connectivity index (χ4n) is 0.618. The summed E-state index contributed by atoms with van der Waals surface area (Å²) in [6.45, 7) is -0.120. The number of hydrogen-bond acceptors (Lipinski definition) is 5. The van der Waals surface area contributed by atoms with Gasteiger partial charge in [0.2, 0.25) is 0 Å². The molecule has 0 saturated carbocycles. The van der Waals surface area contributed by atoms with Crippen LogP contribution in [0.15, 0.2) is 21.7 Å². The molecule has 13 heavy (non-hydrogen) atoms. The Morgan fingerprint density at radius 1 is 1.62 bits per heavy atom. The lowest BCUT2D eigenvalue weighted by atomic mass is 10.7. The maximum absolute atomic E-state index is 11.3. The molecule has 1 aromatic rings. The van der Waals surface area contributed by atoms with Crippen LogP contribution in [-0.4, -0.2) is 22.3 Å². The van der Waals surface area contributed by atoms with Crippen LogP contribution in [0, 0.1) is 0 Å². The zero-order valence-corrected chi connectivity index (χ0v) is 8.52. The number of methoxy groups -OCH3 is 1. The topological polar surface area (TPSA) is 64.6 Å². The Morgan fingerprint density at radius 3 is 2.92 bits per heavy atom. The van der Waals surface area contributed by atoms with Crippen LogP contribution in [0.1, 0.15) is 0 Å². The van der Waals surface area contributed by atoms with Crippen molar-refractivity contribution in [2.45, 2.75) is 4.21 Å². The highest BCUT2D eigenvalue weighted by Gasteiger charge is 2.14. The summed E-state index contributed by atoms with van der Waals surface area (Å²) >= 11 is 1.12. The molecule has 0 saturated heterocycles. The van der Waals surface area contributed by atoms with E-state index in [-0.39, 0.29) is 11.0 Å². The van der Waals surface area contributed by atoms with Crippen molar-refractivity contribution in [3.63, 3.8) is 0 Å².